The number of hydrogen-bond acceptors (Lipinski definition) is 1. The Labute approximate surface area is 136 Å². The Kier molecular flexibility index (Phi) is 7.73. The number of hydrogen-bond donors (Lipinski definition) is 1. The van der Waals surface area contributed by atoms with Crippen molar-refractivity contribution in [3.63, 3.8) is 0 Å². The largest absolute Gasteiger partial charge is 0.393 e. The zero-order valence-electron chi connectivity index (χ0n) is 13.9. The standard InChI is InChI=1S/C15H26O.C6H6/c1-2-3-12-4-6-13(7-5-12)14-8-10-15(16)11-9-14;1-2-4-6-5-3-1/h2,12-16H,1,3-11H2;1-6H/t12-,13-,14?,15?;. The van der Waals surface area contributed by atoms with Crippen LogP contribution >= 0.6 is 0 Å². The van der Waals surface area contributed by atoms with Crippen molar-refractivity contribution in [1.29, 1.82) is 0 Å². The molecule has 0 radical (unpaired) electrons. The van der Waals surface area contributed by atoms with Gasteiger partial charge in [0.05, 0.1) is 6.10 Å². The highest BCUT2D eigenvalue weighted by molar-refractivity contribution is 4.99. The fourth-order valence-electron chi connectivity index (χ4n) is 4.09. The normalized spacial score (nSPS) is 31.7. The van der Waals surface area contributed by atoms with Crippen molar-refractivity contribution in [2.45, 2.75) is 63.9 Å². The van der Waals surface area contributed by atoms with E-state index in [1.165, 1.54) is 44.9 Å². The molecule has 0 amide bonds. The minimum atomic E-state index is 0.00774. The molecular weight excluding hydrogens is 268 g/mol. The molecule has 1 aromatic rings. The molecule has 0 spiro atoms. The van der Waals surface area contributed by atoms with E-state index in [0.717, 1.165) is 30.6 Å². The van der Waals surface area contributed by atoms with Crippen molar-refractivity contribution in [3.8, 4) is 0 Å². The van der Waals surface area contributed by atoms with Crippen LogP contribution in [0.15, 0.2) is 49.1 Å². The van der Waals surface area contributed by atoms with Gasteiger partial charge in [0.25, 0.3) is 0 Å². The summed E-state index contributed by atoms with van der Waals surface area (Å²) in [5.74, 6) is 2.81. The lowest BCUT2D eigenvalue weighted by Crippen LogP contribution is -2.27. The maximum Gasteiger partial charge on any atom is 0.0540 e. The van der Waals surface area contributed by atoms with Crippen molar-refractivity contribution in [1.82, 2.24) is 0 Å². The molecule has 2 saturated carbocycles. The van der Waals surface area contributed by atoms with Gasteiger partial charge in [0, 0.05) is 0 Å². The van der Waals surface area contributed by atoms with E-state index in [9.17, 15) is 5.11 Å². The smallest absolute Gasteiger partial charge is 0.0540 e. The van der Waals surface area contributed by atoms with Gasteiger partial charge in [-0.3, -0.25) is 0 Å². The van der Waals surface area contributed by atoms with Crippen molar-refractivity contribution < 1.29 is 5.11 Å². The van der Waals surface area contributed by atoms with Crippen LogP contribution in [0.25, 0.3) is 0 Å². The zero-order valence-corrected chi connectivity index (χ0v) is 13.9. The summed E-state index contributed by atoms with van der Waals surface area (Å²) in [7, 11) is 0. The quantitative estimate of drug-likeness (QED) is 0.720. The number of aliphatic hydroxyl groups excluding tert-OH is 1. The van der Waals surface area contributed by atoms with E-state index < -0.39 is 0 Å². The van der Waals surface area contributed by atoms with Crippen LogP contribution in [0.5, 0.6) is 0 Å². The number of rotatable bonds is 3. The maximum atomic E-state index is 9.53. The molecule has 0 heterocycles. The lowest BCUT2D eigenvalue weighted by atomic mass is 9.70. The number of benzene rings is 1. The predicted molar refractivity (Wildman–Crippen MR) is 94.7 cm³/mol. The van der Waals surface area contributed by atoms with Crippen LogP contribution in [0.4, 0.5) is 0 Å². The first-order valence-electron chi connectivity index (χ1n) is 9.08. The summed E-state index contributed by atoms with van der Waals surface area (Å²) in [5, 5.41) is 9.53. The third-order valence-electron chi connectivity index (χ3n) is 5.47. The van der Waals surface area contributed by atoms with Crippen LogP contribution in [-0.4, -0.2) is 11.2 Å². The van der Waals surface area contributed by atoms with Gasteiger partial charge in [-0.1, -0.05) is 42.5 Å². The first-order chi connectivity index (χ1) is 10.8. The third-order valence-corrected chi connectivity index (χ3v) is 5.47. The van der Waals surface area contributed by atoms with Gasteiger partial charge >= 0.3 is 0 Å². The van der Waals surface area contributed by atoms with Gasteiger partial charge in [0.1, 0.15) is 0 Å². The van der Waals surface area contributed by atoms with Crippen LogP contribution in [0, 0.1) is 17.8 Å². The second-order valence-electron chi connectivity index (χ2n) is 7.03. The van der Waals surface area contributed by atoms with Gasteiger partial charge in [-0.2, -0.15) is 0 Å². The molecule has 0 unspecified atom stereocenters. The Hall–Kier alpha value is -1.08. The summed E-state index contributed by atoms with van der Waals surface area (Å²) in [6.45, 7) is 3.84. The molecule has 0 aromatic heterocycles. The molecule has 2 aliphatic carbocycles. The van der Waals surface area contributed by atoms with Crippen molar-refractivity contribution in [2.24, 2.45) is 17.8 Å². The van der Waals surface area contributed by atoms with E-state index in [1.54, 1.807) is 0 Å². The summed E-state index contributed by atoms with van der Waals surface area (Å²) in [4.78, 5) is 0. The Morgan fingerprint density at radius 3 is 1.55 bits per heavy atom. The molecule has 1 nitrogen and oxygen atoms in total. The van der Waals surface area contributed by atoms with Crippen LogP contribution < -0.4 is 0 Å². The average molecular weight is 300 g/mol. The SMILES string of the molecule is C=CC[C@H]1CC[C@H](C2CCC(O)CC2)CC1.c1ccccc1. The molecule has 0 atom stereocenters. The highest BCUT2D eigenvalue weighted by Crippen LogP contribution is 2.40. The minimum Gasteiger partial charge on any atom is -0.393 e. The van der Waals surface area contributed by atoms with E-state index in [0.29, 0.717) is 0 Å². The third kappa shape index (κ3) is 5.96. The Morgan fingerprint density at radius 2 is 1.14 bits per heavy atom. The van der Waals surface area contributed by atoms with Crippen LogP contribution in [-0.2, 0) is 0 Å². The van der Waals surface area contributed by atoms with Gasteiger partial charge in [-0.05, 0) is 75.5 Å². The van der Waals surface area contributed by atoms with Gasteiger partial charge in [0.15, 0.2) is 0 Å². The molecule has 22 heavy (non-hydrogen) atoms. The molecule has 3 rings (SSSR count). The molecule has 2 aliphatic rings. The number of allylic oxidation sites excluding steroid dienone is 1. The van der Waals surface area contributed by atoms with E-state index in [4.69, 9.17) is 0 Å². The van der Waals surface area contributed by atoms with E-state index in [-0.39, 0.29) is 6.10 Å². The summed E-state index contributed by atoms with van der Waals surface area (Å²) < 4.78 is 0. The van der Waals surface area contributed by atoms with Gasteiger partial charge < -0.3 is 5.11 Å². The van der Waals surface area contributed by atoms with Gasteiger partial charge in [-0.15, -0.1) is 6.58 Å². The number of aliphatic hydroxyl groups is 1. The Balaban J connectivity index is 0.000000246. The first kappa shape index (κ1) is 17.3. The van der Waals surface area contributed by atoms with E-state index in [1.807, 2.05) is 36.4 Å². The highest BCUT2D eigenvalue weighted by atomic mass is 16.3. The van der Waals surface area contributed by atoms with Gasteiger partial charge in [0.2, 0.25) is 0 Å². The van der Waals surface area contributed by atoms with Crippen LogP contribution in [0.2, 0.25) is 0 Å². The summed E-state index contributed by atoms with van der Waals surface area (Å²) >= 11 is 0. The molecule has 1 aromatic carbocycles. The summed E-state index contributed by atoms with van der Waals surface area (Å²) in [6.07, 6.45) is 13.7. The minimum absolute atomic E-state index is 0.00774. The molecule has 122 valence electrons. The average Bonchev–Trinajstić information content (AvgIpc) is 2.59. The highest BCUT2D eigenvalue weighted by Gasteiger charge is 2.29. The van der Waals surface area contributed by atoms with E-state index in [2.05, 4.69) is 12.7 Å². The molecule has 0 aliphatic heterocycles. The molecule has 2 fully saturated rings. The summed E-state index contributed by atoms with van der Waals surface area (Å²) in [5.41, 5.74) is 0. The van der Waals surface area contributed by atoms with Crippen molar-refractivity contribution in [3.05, 3.63) is 49.1 Å². The van der Waals surface area contributed by atoms with Gasteiger partial charge in [-0.25, -0.2) is 0 Å². The molecule has 0 bridgehead atoms. The summed E-state index contributed by atoms with van der Waals surface area (Å²) in [6, 6.07) is 12.0. The topological polar surface area (TPSA) is 20.2 Å². The second kappa shape index (κ2) is 9.84. The maximum absolute atomic E-state index is 9.53. The zero-order chi connectivity index (χ0) is 15.6. The van der Waals surface area contributed by atoms with Crippen molar-refractivity contribution >= 4 is 0 Å². The fraction of sp³-hybridized carbons (Fsp3) is 0.619. The lowest BCUT2D eigenvalue weighted by Gasteiger charge is -2.36. The molecule has 1 heteroatoms. The first-order valence-corrected chi connectivity index (χ1v) is 9.08. The Bertz CT molecular complexity index is 357. The Morgan fingerprint density at radius 1 is 0.727 bits per heavy atom. The second-order valence-corrected chi connectivity index (χ2v) is 7.03. The molecule has 1 N–H and O–H groups in total. The lowest BCUT2D eigenvalue weighted by molar-refractivity contribution is 0.0772. The van der Waals surface area contributed by atoms with E-state index >= 15 is 0 Å². The predicted octanol–water partition coefficient (Wildman–Crippen LogP) is 5.61. The molecule has 0 saturated heterocycles. The van der Waals surface area contributed by atoms with Crippen LogP contribution in [0.3, 0.4) is 0 Å². The molecular formula is C21H32O. The fourth-order valence-corrected chi connectivity index (χ4v) is 4.09. The van der Waals surface area contributed by atoms with Crippen molar-refractivity contribution in [2.75, 3.05) is 0 Å². The van der Waals surface area contributed by atoms with Crippen LogP contribution in [0.1, 0.15) is 57.8 Å². The monoisotopic (exact) mass is 300 g/mol.